The van der Waals surface area contributed by atoms with Gasteiger partial charge in [0.1, 0.15) is 10.5 Å². The molecule has 2 heterocycles. The summed E-state index contributed by atoms with van der Waals surface area (Å²) in [4.78, 5) is 73.5. The van der Waals surface area contributed by atoms with Gasteiger partial charge in [-0.3, -0.25) is 44.5 Å². The second kappa shape index (κ2) is 12.2. The van der Waals surface area contributed by atoms with Gasteiger partial charge in [0.15, 0.2) is 0 Å². The first-order valence-corrected chi connectivity index (χ1v) is 13.8. The average molecular weight is 645 g/mol. The lowest BCUT2D eigenvalue weighted by Gasteiger charge is -2.27. The molecule has 17 heteroatoms. The van der Waals surface area contributed by atoms with E-state index in [9.17, 15) is 44.7 Å². The van der Waals surface area contributed by atoms with Crippen LogP contribution in [0, 0.1) is 30.3 Å². The third kappa shape index (κ3) is 5.72. The molecule has 0 aliphatic carbocycles. The van der Waals surface area contributed by atoms with Gasteiger partial charge in [0, 0.05) is 42.1 Å². The number of hydrogen-bond acceptors (Lipinski definition) is 12. The van der Waals surface area contributed by atoms with Crippen molar-refractivity contribution < 1.29 is 29.1 Å². The number of carbonyl (C=O) groups excluding carboxylic acids is 2. The summed E-state index contributed by atoms with van der Waals surface area (Å²) in [6, 6.07) is 15.5. The van der Waals surface area contributed by atoms with Crippen LogP contribution < -0.4 is 25.8 Å². The second-order valence-corrected chi connectivity index (χ2v) is 10.7. The largest absolute Gasteiger partial charge is 0.466 e. The van der Waals surface area contributed by atoms with Crippen LogP contribution in [0.15, 0.2) is 83.2 Å². The third-order valence-electron chi connectivity index (χ3n) is 6.91. The number of amides is 1. The van der Waals surface area contributed by atoms with Crippen LogP contribution in [0.4, 0.5) is 22.7 Å². The number of nitrogens with zero attached hydrogens (tertiary/aromatic N) is 4. The minimum Gasteiger partial charge on any atom is -0.466 e. The first-order valence-electron chi connectivity index (χ1n) is 13.0. The van der Waals surface area contributed by atoms with E-state index in [0.29, 0.717) is 0 Å². The van der Waals surface area contributed by atoms with Crippen LogP contribution in [0.2, 0.25) is 0 Å². The molecule has 232 valence electrons. The van der Waals surface area contributed by atoms with Crippen LogP contribution >= 0.6 is 11.3 Å². The predicted molar refractivity (Wildman–Crippen MR) is 165 cm³/mol. The number of rotatable bonds is 8. The monoisotopic (exact) mass is 644 g/mol. The van der Waals surface area contributed by atoms with E-state index < -0.39 is 43.9 Å². The highest BCUT2D eigenvalue weighted by molar-refractivity contribution is 7.07. The molecule has 0 spiro atoms. The number of anilines is 1. The number of aromatic nitrogens is 1. The lowest BCUT2D eigenvalue weighted by Crippen LogP contribution is -2.42. The lowest BCUT2D eigenvalue weighted by atomic mass is 9.82. The molecule has 1 aromatic heterocycles. The van der Waals surface area contributed by atoms with Crippen molar-refractivity contribution in [3.8, 4) is 0 Å². The molecule has 1 unspecified atom stereocenters. The van der Waals surface area contributed by atoms with Gasteiger partial charge in [-0.2, -0.15) is 0 Å². The molecule has 0 saturated heterocycles. The molecular weight excluding hydrogens is 624 g/mol. The number of methoxy groups -OCH3 is 1. The first-order chi connectivity index (χ1) is 21.9. The molecule has 0 fully saturated rings. The van der Waals surface area contributed by atoms with Crippen molar-refractivity contribution in [1.29, 1.82) is 0 Å². The Morgan fingerprint density at radius 1 is 0.891 bits per heavy atom. The minimum atomic E-state index is -1.41. The summed E-state index contributed by atoms with van der Waals surface area (Å²) >= 11 is 0.779. The molecule has 3 N–H and O–H groups in total. The van der Waals surface area contributed by atoms with E-state index in [-0.39, 0.29) is 54.2 Å². The minimum absolute atomic E-state index is 0.000435. The highest BCUT2D eigenvalue weighted by Crippen LogP contribution is 2.39. The Balaban J connectivity index is 1.85. The van der Waals surface area contributed by atoms with E-state index in [0.717, 1.165) is 35.1 Å². The van der Waals surface area contributed by atoms with Gasteiger partial charge in [-0.1, -0.05) is 30.3 Å². The SMILES string of the molecule is COC(=O)C1=C(N)n2c(s/c(=C/c3cccc([N+](=O)[O-])c3)c2=O)=C(C(=O)Nc2cccc([N+](=O)[O-])c2)C1c1cccc([N+](=O)[O-])c1. The molecule has 1 aliphatic heterocycles. The number of ether oxygens (including phenoxy) is 1. The molecule has 5 rings (SSSR count). The quantitative estimate of drug-likeness (QED) is 0.160. The maximum Gasteiger partial charge on any atom is 0.338 e. The van der Waals surface area contributed by atoms with Crippen molar-refractivity contribution in [3.05, 3.63) is 139 Å². The standard InChI is InChI=1S/C29H20N6O10S/c1-45-29(38)23-22(16-6-3-9-19(13-16)34(41)42)24(26(36)31-17-7-4-10-20(14-17)35(43)44)28-32(25(23)30)27(37)21(46-28)12-15-5-2-8-18(11-15)33(39)40/h2-14,22H,30H2,1H3,(H,31,36)/b21-12+. The molecule has 0 radical (unpaired) electrons. The number of nitro benzene ring substituents is 3. The Kier molecular flexibility index (Phi) is 8.24. The summed E-state index contributed by atoms with van der Waals surface area (Å²) < 4.78 is 5.78. The van der Waals surface area contributed by atoms with E-state index in [4.69, 9.17) is 10.5 Å². The van der Waals surface area contributed by atoms with E-state index >= 15 is 0 Å². The van der Waals surface area contributed by atoms with Crippen LogP contribution in [0.25, 0.3) is 17.5 Å². The molecule has 3 aromatic carbocycles. The first kappa shape index (κ1) is 31.0. The lowest BCUT2D eigenvalue weighted by molar-refractivity contribution is -0.385. The van der Waals surface area contributed by atoms with Crippen molar-refractivity contribution in [3.63, 3.8) is 0 Å². The summed E-state index contributed by atoms with van der Waals surface area (Å²) in [5.74, 6) is -3.77. The van der Waals surface area contributed by atoms with E-state index in [1.54, 1.807) is 0 Å². The summed E-state index contributed by atoms with van der Waals surface area (Å²) in [7, 11) is 1.05. The van der Waals surface area contributed by atoms with Crippen molar-refractivity contribution >= 4 is 63.4 Å². The van der Waals surface area contributed by atoms with Gasteiger partial charge in [0.25, 0.3) is 28.5 Å². The fourth-order valence-electron chi connectivity index (χ4n) is 4.90. The zero-order valence-corrected chi connectivity index (χ0v) is 24.3. The van der Waals surface area contributed by atoms with Crippen LogP contribution in [0.5, 0.6) is 0 Å². The van der Waals surface area contributed by atoms with Crippen molar-refractivity contribution in [2.45, 2.75) is 5.92 Å². The van der Waals surface area contributed by atoms with Crippen molar-refractivity contribution in [2.75, 3.05) is 12.4 Å². The number of non-ortho nitro benzene ring substituents is 3. The zero-order valence-electron chi connectivity index (χ0n) is 23.4. The van der Waals surface area contributed by atoms with Gasteiger partial charge in [0.05, 0.1) is 43.5 Å². The van der Waals surface area contributed by atoms with Crippen LogP contribution in [0.3, 0.4) is 0 Å². The molecular formula is C29H20N6O10S. The number of nitro groups is 3. The maximum atomic E-state index is 14.1. The molecule has 1 aliphatic rings. The Bertz CT molecular complexity index is 2200. The smallest absolute Gasteiger partial charge is 0.338 e. The van der Waals surface area contributed by atoms with Gasteiger partial charge >= 0.3 is 5.97 Å². The number of hydrogen-bond donors (Lipinski definition) is 2. The highest BCUT2D eigenvalue weighted by Gasteiger charge is 2.39. The Labute approximate surface area is 260 Å². The number of carbonyl (C=O) groups is 2. The number of thiazole rings is 1. The summed E-state index contributed by atoms with van der Waals surface area (Å²) in [6.45, 7) is 0. The fourth-order valence-corrected chi connectivity index (χ4v) is 6.08. The topological polar surface area (TPSA) is 233 Å². The second-order valence-electron chi connectivity index (χ2n) is 9.66. The Hall–Kier alpha value is -6.49. The van der Waals surface area contributed by atoms with Gasteiger partial charge in [0.2, 0.25) is 0 Å². The predicted octanol–water partition coefficient (Wildman–Crippen LogP) is 2.35. The fraction of sp³-hybridized carbons (Fsp3) is 0.0690. The van der Waals surface area contributed by atoms with E-state index in [1.807, 2.05) is 0 Å². The van der Waals surface area contributed by atoms with Crippen molar-refractivity contribution in [1.82, 2.24) is 4.57 Å². The summed E-state index contributed by atoms with van der Waals surface area (Å²) in [5, 5.41) is 36.8. The number of esters is 1. The Morgan fingerprint density at radius 3 is 2.11 bits per heavy atom. The van der Waals surface area contributed by atoms with Gasteiger partial charge in [-0.25, -0.2) is 4.79 Å². The molecule has 46 heavy (non-hydrogen) atoms. The molecule has 16 nitrogen and oxygen atoms in total. The molecule has 4 aromatic rings. The molecule has 1 amide bonds. The van der Waals surface area contributed by atoms with Gasteiger partial charge in [-0.15, -0.1) is 11.3 Å². The number of fused-ring (bicyclic) bond motifs is 1. The number of nitrogens with two attached hydrogens (primary N) is 1. The molecule has 1 atom stereocenters. The average Bonchev–Trinajstić information content (AvgIpc) is 3.35. The third-order valence-corrected chi connectivity index (χ3v) is 8.01. The highest BCUT2D eigenvalue weighted by atomic mass is 32.1. The van der Waals surface area contributed by atoms with Crippen LogP contribution in [-0.4, -0.2) is 38.3 Å². The van der Waals surface area contributed by atoms with Crippen LogP contribution in [0.1, 0.15) is 17.0 Å². The maximum absolute atomic E-state index is 14.1. The van der Waals surface area contributed by atoms with Crippen LogP contribution in [-0.2, 0) is 14.3 Å². The molecule has 0 saturated carbocycles. The number of benzene rings is 3. The normalized spacial score (nSPS) is 14.4. The summed E-state index contributed by atoms with van der Waals surface area (Å²) in [6.07, 6.45) is 1.34. The van der Waals surface area contributed by atoms with E-state index in [1.165, 1.54) is 66.7 Å². The summed E-state index contributed by atoms with van der Waals surface area (Å²) in [5.41, 5.74) is 4.45. The Morgan fingerprint density at radius 2 is 1.48 bits per heavy atom. The van der Waals surface area contributed by atoms with Crippen molar-refractivity contribution in [2.24, 2.45) is 5.73 Å². The molecule has 0 bridgehead atoms. The van der Waals surface area contributed by atoms with Gasteiger partial charge in [-0.05, 0) is 23.3 Å². The van der Waals surface area contributed by atoms with E-state index in [2.05, 4.69) is 5.32 Å². The number of nitrogens with one attached hydrogen (secondary N) is 1. The van der Waals surface area contributed by atoms with Gasteiger partial charge < -0.3 is 15.8 Å². The zero-order chi connectivity index (χ0) is 33.3.